The zero-order valence-corrected chi connectivity index (χ0v) is 19.2. The molecule has 3 aromatic rings. The van der Waals surface area contributed by atoms with Crippen LogP contribution in [0.5, 0.6) is 0 Å². The number of H-pyrrole nitrogens is 1. The van der Waals surface area contributed by atoms with Crippen molar-refractivity contribution in [3.63, 3.8) is 0 Å². The third-order valence-electron chi connectivity index (χ3n) is 5.52. The van der Waals surface area contributed by atoms with Crippen molar-refractivity contribution in [2.75, 3.05) is 23.7 Å². The molecule has 170 valence electrons. The van der Waals surface area contributed by atoms with Crippen LogP contribution in [0.1, 0.15) is 12.8 Å². The summed E-state index contributed by atoms with van der Waals surface area (Å²) in [6, 6.07) is 13.3. The van der Waals surface area contributed by atoms with Gasteiger partial charge in [0, 0.05) is 42.1 Å². The molecule has 2 heterocycles. The number of anilines is 2. The molecule has 8 nitrogen and oxygen atoms in total. The average Bonchev–Trinajstić information content (AvgIpc) is 3.36. The van der Waals surface area contributed by atoms with Gasteiger partial charge in [-0.05, 0) is 65.2 Å². The van der Waals surface area contributed by atoms with Crippen LogP contribution in [0.15, 0.2) is 59.2 Å². The molecule has 0 bridgehead atoms. The Morgan fingerprint density at radius 2 is 1.76 bits per heavy atom. The first-order valence-corrected chi connectivity index (χ1v) is 11.2. The molecule has 2 aromatic carbocycles. The number of hydrogen-bond acceptors (Lipinski definition) is 4. The number of aromatic amines is 1. The molecule has 1 fully saturated rings. The van der Waals surface area contributed by atoms with Gasteiger partial charge in [0.25, 0.3) is 0 Å². The molecule has 0 saturated carbocycles. The normalized spacial score (nSPS) is 14.1. The highest BCUT2D eigenvalue weighted by Crippen LogP contribution is 2.23. The van der Waals surface area contributed by atoms with Gasteiger partial charge in [-0.3, -0.25) is 15.3 Å². The minimum Gasteiger partial charge on any atom is -0.338 e. The lowest BCUT2D eigenvalue weighted by Crippen LogP contribution is -2.44. The van der Waals surface area contributed by atoms with E-state index in [1.54, 1.807) is 11.1 Å². The van der Waals surface area contributed by atoms with E-state index in [0.29, 0.717) is 37.3 Å². The quantitative estimate of drug-likeness (QED) is 0.288. The highest BCUT2D eigenvalue weighted by molar-refractivity contribution is 9.10. The largest absolute Gasteiger partial charge is 0.338 e. The van der Waals surface area contributed by atoms with Crippen molar-refractivity contribution in [3.05, 3.63) is 65.0 Å². The molecular weight excluding hydrogens is 491 g/mol. The van der Waals surface area contributed by atoms with Crippen molar-refractivity contribution in [2.24, 2.45) is 5.92 Å². The number of piperidine rings is 1. The molecule has 0 aliphatic carbocycles. The topological polar surface area (TPSA) is 114 Å². The number of nitrogens with zero attached hydrogens (tertiary/aromatic N) is 2. The summed E-state index contributed by atoms with van der Waals surface area (Å²) >= 11 is 3.09. The van der Waals surface area contributed by atoms with Crippen molar-refractivity contribution in [1.82, 2.24) is 15.1 Å². The van der Waals surface area contributed by atoms with Crippen molar-refractivity contribution in [3.8, 4) is 11.3 Å². The average molecular weight is 513 g/mol. The monoisotopic (exact) mass is 512 g/mol. The first-order chi connectivity index (χ1) is 15.9. The standard InChI is InChI=1S/C23H22BrFN6O2/c24-18-13-17(5-6-19(18)25)28-22(26)21(32)15-8-11-31(12-9-15)23(33)29-16-3-1-14(2-4-16)20-7-10-27-30-20/h1-7,10,13,15H,8-9,11-12H2,(H2,26,28)(H,27,30)(H,29,33). The van der Waals surface area contributed by atoms with Crippen molar-refractivity contribution >= 4 is 45.0 Å². The van der Waals surface area contributed by atoms with Gasteiger partial charge in [-0.25, -0.2) is 9.18 Å². The molecule has 10 heteroatoms. The molecule has 1 aliphatic heterocycles. The Hall–Kier alpha value is -3.53. The Balaban J connectivity index is 1.27. The van der Waals surface area contributed by atoms with Gasteiger partial charge in [0.2, 0.25) is 5.78 Å². The number of nitrogens with one attached hydrogen (secondary N) is 4. The molecule has 1 aliphatic rings. The van der Waals surface area contributed by atoms with Crippen LogP contribution in [-0.4, -0.2) is 45.8 Å². The number of carbonyl (C=O) groups excluding carboxylic acids is 2. The van der Waals surface area contributed by atoms with E-state index in [-0.39, 0.29) is 28.0 Å². The van der Waals surface area contributed by atoms with Crippen LogP contribution < -0.4 is 10.6 Å². The molecule has 0 atom stereocenters. The summed E-state index contributed by atoms with van der Waals surface area (Å²) in [4.78, 5) is 26.9. The number of rotatable bonds is 5. The van der Waals surface area contributed by atoms with Crippen LogP contribution in [0.3, 0.4) is 0 Å². The molecule has 1 aromatic heterocycles. The third-order valence-corrected chi connectivity index (χ3v) is 6.13. The van der Waals surface area contributed by atoms with Gasteiger partial charge in [-0.1, -0.05) is 12.1 Å². The number of likely N-dealkylation sites (tertiary alicyclic amines) is 1. The maximum atomic E-state index is 13.4. The van der Waals surface area contributed by atoms with Gasteiger partial charge < -0.3 is 15.5 Å². The smallest absolute Gasteiger partial charge is 0.321 e. The predicted molar refractivity (Wildman–Crippen MR) is 128 cm³/mol. The predicted octanol–water partition coefficient (Wildman–Crippen LogP) is 4.88. The molecule has 0 unspecified atom stereocenters. The SMILES string of the molecule is N=C(Nc1ccc(F)c(Br)c1)C(=O)C1CCN(C(=O)Nc2ccc(-c3cc[nH]n3)cc2)CC1. The fraction of sp³-hybridized carbons (Fsp3) is 0.217. The van der Waals surface area contributed by atoms with Crippen LogP contribution >= 0.6 is 15.9 Å². The number of aromatic nitrogens is 2. The lowest BCUT2D eigenvalue weighted by molar-refractivity contribution is -0.117. The lowest BCUT2D eigenvalue weighted by Gasteiger charge is -2.31. The molecule has 33 heavy (non-hydrogen) atoms. The number of carbonyl (C=O) groups is 2. The Labute approximate surface area is 198 Å². The van der Waals surface area contributed by atoms with E-state index in [4.69, 9.17) is 5.41 Å². The van der Waals surface area contributed by atoms with E-state index in [0.717, 1.165) is 11.3 Å². The van der Waals surface area contributed by atoms with Gasteiger partial charge >= 0.3 is 6.03 Å². The summed E-state index contributed by atoms with van der Waals surface area (Å²) in [5, 5.41) is 20.6. The zero-order valence-electron chi connectivity index (χ0n) is 17.6. The van der Waals surface area contributed by atoms with Crippen LogP contribution in [0.2, 0.25) is 0 Å². The Morgan fingerprint density at radius 3 is 2.39 bits per heavy atom. The van der Waals surface area contributed by atoms with Gasteiger partial charge in [0.05, 0.1) is 10.2 Å². The Bertz CT molecular complexity index is 1160. The Morgan fingerprint density at radius 1 is 1.06 bits per heavy atom. The zero-order chi connectivity index (χ0) is 23.4. The Kier molecular flexibility index (Phi) is 6.83. The molecule has 0 spiro atoms. The van der Waals surface area contributed by atoms with Crippen molar-refractivity contribution < 1.29 is 14.0 Å². The number of halogens is 2. The molecule has 4 rings (SSSR count). The van der Waals surface area contributed by atoms with Crippen LogP contribution in [-0.2, 0) is 4.79 Å². The summed E-state index contributed by atoms with van der Waals surface area (Å²) in [6.07, 6.45) is 2.70. The minimum absolute atomic E-state index is 0.224. The van der Waals surface area contributed by atoms with E-state index >= 15 is 0 Å². The van der Waals surface area contributed by atoms with Gasteiger partial charge in [-0.2, -0.15) is 5.10 Å². The first-order valence-electron chi connectivity index (χ1n) is 10.4. The third kappa shape index (κ3) is 5.46. The van der Waals surface area contributed by atoms with Crippen LogP contribution in [0.4, 0.5) is 20.6 Å². The number of ketones is 1. The van der Waals surface area contributed by atoms with E-state index in [2.05, 4.69) is 36.8 Å². The first kappa shape index (κ1) is 22.7. The maximum absolute atomic E-state index is 13.4. The summed E-state index contributed by atoms with van der Waals surface area (Å²) in [6.45, 7) is 0.839. The van der Waals surface area contributed by atoms with E-state index in [9.17, 15) is 14.0 Å². The molecule has 2 amide bonds. The van der Waals surface area contributed by atoms with Crippen LogP contribution in [0, 0.1) is 17.1 Å². The summed E-state index contributed by atoms with van der Waals surface area (Å²) < 4.78 is 13.6. The highest BCUT2D eigenvalue weighted by Gasteiger charge is 2.29. The second kappa shape index (κ2) is 9.95. The summed E-state index contributed by atoms with van der Waals surface area (Å²) in [5.41, 5.74) is 2.90. The fourth-order valence-electron chi connectivity index (χ4n) is 3.68. The number of amidine groups is 1. The maximum Gasteiger partial charge on any atom is 0.321 e. The van der Waals surface area contributed by atoms with Crippen LogP contribution in [0.25, 0.3) is 11.3 Å². The van der Waals surface area contributed by atoms with E-state index in [1.807, 2.05) is 30.3 Å². The number of hydrogen-bond donors (Lipinski definition) is 4. The van der Waals surface area contributed by atoms with Gasteiger partial charge in [-0.15, -0.1) is 0 Å². The molecule has 1 saturated heterocycles. The van der Waals surface area contributed by atoms with E-state index in [1.165, 1.54) is 18.2 Å². The molecule has 0 radical (unpaired) electrons. The highest BCUT2D eigenvalue weighted by atomic mass is 79.9. The number of benzene rings is 2. The number of amides is 2. The van der Waals surface area contributed by atoms with Gasteiger partial charge in [0.1, 0.15) is 5.82 Å². The number of Topliss-reactive ketones (excluding diaryl/α,β-unsaturated/α-hetero) is 1. The molecular formula is C23H22BrFN6O2. The van der Waals surface area contributed by atoms with Crippen molar-refractivity contribution in [2.45, 2.75) is 12.8 Å². The van der Waals surface area contributed by atoms with Crippen molar-refractivity contribution in [1.29, 1.82) is 5.41 Å². The lowest BCUT2D eigenvalue weighted by atomic mass is 9.92. The summed E-state index contributed by atoms with van der Waals surface area (Å²) in [7, 11) is 0. The fourth-order valence-corrected chi connectivity index (χ4v) is 4.06. The van der Waals surface area contributed by atoms with E-state index < -0.39 is 5.82 Å². The second-order valence-electron chi connectivity index (χ2n) is 7.72. The second-order valence-corrected chi connectivity index (χ2v) is 8.58. The molecule has 4 N–H and O–H groups in total. The summed E-state index contributed by atoms with van der Waals surface area (Å²) in [5.74, 6) is -1.32. The van der Waals surface area contributed by atoms with Gasteiger partial charge in [0.15, 0.2) is 5.84 Å². The number of urea groups is 1. The minimum atomic E-state index is -0.419.